The average Bonchev–Trinajstić information content (AvgIpc) is 2.92. The Hall–Kier alpha value is -1.59. The molecule has 2 saturated heterocycles. The molecule has 18 heavy (non-hydrogen) atoms. The van der Waals surface area contributed by atoms with Crippen molar-refractivity contribution in [3.8, 4) is 5.75 Å². The van der Waals surface area contributed by atoms with Gasteiger partial charge in [-0.25, -0.2) is 0 Å². The van der Waals surface area contributed by atoms with E-state index in [4.69, 9.17) is 9.47 Å². The summed E-state index contributed by atoms with van der Waals surface area (Å²) in [6, 6.07) is 7.43. The number of methoxy groups -OCH3 is 1. The van der Waals surface area contributed by atoms with E-state index in [2.05, 4.69) is 0 Å². The molecule has 2 aliphatic heterocycles. The van der Waals surface area contributed by atoms with Crippen LogP contribution in [0.2, 0.25) is 0 Å². The van der Waals surface area contributed by atoms with Gasteiger partial charge in [0.1, 0.15) is 11.9 Å². The highest BCUT2D eigenvalue weighted by molar-refractivity contribution is 5.84. The molecule has 0 bridgehead atoms. The first-order valence-electron chi connectivity index (χ1n) is 5.96. The summed E-state index contributed by atoms with van der Waals surface area (Å²) in [6.45, 7) is 0.486. The van der Waals surface area contributed by atoms with Gasteiger partial charge in [-0.1, -0.05) is 12.1 Å². The molecule has 96 valence electrons. The quantitative estimate of drug-likeness (QED) is 0.837. The largest absolute Gasteiger partial charge is 0.497 e. The second kappa shape index (κ2) is 4.26. The molecule has 0 spiro atoms. The lowest BCUT2D eigenvalue weighted by Gasteiger charge is -2.22. The van der Waals surface area contributed by atoms with E-state index in [-0.39, 0.29) is 18.2 Å². The van der Waals surface area contributed by atoms with Crippen LogP contribution in [0.4, 0.5) is 0 Å². The van der Waals surface area contributed by atoms with Gasteiger partial charge in [-0.05, 0) is 12.1 Å². The minimum absolute atomic E-state index is 0.000369. The van der Waals surface area contributed by atoms with E-state index in [1.807, 2.05) is 24.3 Å². The van der Waals surface area contributed by atoms with E-state index in [1.165, 1.54) is 0 Å². The second-order valence-corrected chi connectivity index (χ2v) is 4.61. The Bertz CT molecular complexity index is 459. The molecule has 0 aromatic heterocycles. The highest BCUT2D eigenvalue weighted by atomic mass is 16.5. The number of benzene rings is 1. The summed E-state index contributed by atoms with van der Waals surface area (Å²) in [4.78, 5) is 13.5. The second-order valence-electron chi connectivity index (χ2n) is 4.61. The van der Waals surface area contributed by atoms with Crippen LogP contribution < -0.4 is 4.74 Å². The molecule has 1 unspecified atom stereocenters. The highest BCUT2D eigenvalue weighted by Crippen LogP contribution is 2.37. The number of hydrogen-bond acceptors (Lipinski definition) is 4. The van der Waals surface area contributed by atoms with Crippen LogP contribution in [0.15, 0.2) is 24.3 Å². The average molecular weight is 249 g/mol. The maximum Gasteiger partial charge on any atom is 0.254 e. The number of nitrogens with zero attached hydrogens (tertiary/aromatic N) is 1. The predicted molar refractivity (Wildman–Crippen MR) is 62.9 cm³/mol. The fourth-order valence-corrected chi connectivity index (χ4v) is 2.59. The lowest BCUT2D eigenvalue weighted by molar-refractivity contribution is -0.140. The van der Waals surface area contributed by atoms with Gasteiger partial charge >= 0.3 is 0 Å². The maximum absolute atomic E-state index is 11.9. The number of hydrogen-bond donors (Lipinski definition) is 1. The van der Waals surface area contributed by atoms with Crippen LogP contribution in [-0.4, -0.2) is 41.8 Å². The summed E-state index contributed by atoms with van der Waals surface area (Å²) in [5.74, 6) is 0.527. The molecular formula is C13H15NO4. The van der Waals surface area contributed by atoms with E-state index in [1.54, 1.807) is 12.0 Å². The summed E-state index contributed by atoms with van der Waals surface area (Å²) < 4.78 is 10.7. The van der Waals surface area contributed by atoms with Crippen LogP contribution >= 0.6 is 0 Å². The van der Waals surface area contributed by atoms with Gasteiger partial charge in [0.15, 0.2) is 6.23 Å². The van der Waals surface area contributed by atoms with Crippen molar-refractivity contribution in [1.82, 2.24) is 4.90 Å². The minimum atomic E-state index is -0.875. The molecule has 2 aliphatic rings. The Kier molecular flexibility index (Phi) is 2.72. The zero-order valence-electron chi connectivity index (χ0n) is 10.1. The lowest BCUT2D eigenvalue weighted by atomic mass is 10.2. The van der Waals surface area contributed by atoms with Gasteiger partial charge in [-0.3, -0.25) is 4.79 Å². The number of aliphatic hydroxyl groups is 1. The van der Waals surface area contributed by atoms with E-state index in [0.29, 0.717) is 13.0 Å². The number of fused-ring (bicyclic) bond motifs is 1. The summed E-state index contributed by atoms with van der Waals surface area (Å²) in [7, 11) is 1.61. The van der Waals surface area contributed by atoms with Crippen LogP contribution in [0.1, 0.15) is 18.2 Å². The van der Waals surface area contributed by atoms with Gasteiger partial charge in [0.25, 0.3) is 5.91 Å². The Morgan fingerprint density at radius 2 is 2.11 bits per heavy atom. The molecule has 1 aromatic rings. The molecule has 1 aromatic carbocycles. The van der Waals surface area contributed by atoms with E-state index >= 15 is 0 Å². The number of rotatable bonds is 2. The van der Waals surface area contributed by atoms with Crippen molar-refractivity contribution >= 4 is 5.91 Å². The molecule has 3 atom stereocenters. The molecule has 2 heterocycles. The number of amides is 1. The summed E-state index contributed by atoms with van der Waals surface area (Å²) in [5.41, 5.74) is 0.903. The first kappa shape index (κ1) is 11.5. The number of aliphatic hydroxyl groups excluding tert-OH is 1. The van der Waals surface area contributed by atoms with Crippen molar-refractivity contribution in [2.24, 2.45) is 0 Å². The van der Waals surface area contributed by atoms with Crippen LogP contribution in [0.3, 0.4) is 0 Å². The lowest BCUT2D eigenvalue weighted by Crippen LogP contribution is -2.33. The minimum Gasteiger partial charge on any atom is -0.497 e. The van der Waals surface area contributed by atoms with Crippen molar-refractivity contribution in [3.63, 3.8) is 0 Å². The van der Waals surface area contributed by atoms with Crippen molar-refractivity contribution in [1.29, 1.82) is 0 Å². The molecule has 5 heteroatoms. The Balaban J connectivity index is 1.86. The van der Waals surface area contributed by atoms with Gasteiger partial charge in [0, 0.05) is 12.0 Å². The van der Waals surface area contributed by atoms with E-state index < -0.39 is 6.10 Å². The zero-order valence-corrected chi connectivity index (χ0v) is 10.1. The molecule has 0 saturated carbocycles. The molecular weight excluding hydrogens is 234 g/mol. The van der Waals surface area contributed by atoms with Gasteiger partial charge in [-0.15, -0.1) is 0 Å². The number of ether oxygens (including phenoxy) is 2. The van der Waals surface area contributed by atoms with E-state index in [9.17, 15) is 9.90 Å². The third-order valence-corrected chi connectivity index (χ3v) is 3.53. The highest BCUT2D eigenvalue weighted by Gasteiger charge is 2.47. The van der Waals surface area contributed by atoms with Crippen LogP contribution in [-0.2, 0) is 9.53 Å². The molecule has 2 fully saturated rings. The summed E-state index contributed by atoms with van der Waals surface area (Å²) >= 11 is 0. The number of carbonyl (C=O) groups excluding carboxylic acids is 1. The number of carbonyl (C=O) groups is 1. The van der Waals surface area contributed by atoms with Gasteiger partial charge in [0.2, 0.25) is 0 Å². The standard InChI is InChI=1S/C13H15NO4/c1-17-10-4-2-8(3-5-10)13-14-9(7-18-13)6-11(15)12(14)16/h2-5,9,11,13,15H,6-7H2,1H3/t9-,11?,13+/m0/s1. The molecule has 5 nitrogen and oxygen atoms in total. The fourth-order valence-electron chi connectivity index (χ4n) is 2.59. The normalized spacial score (nSPS) is 30.7. The Morgan fingerprint density at radius 3 is 2.78 bits per heavy atom. The van der Waals surface area contributed by atoms with Crippen molar-refractivity contribution in [3.05, 3.63) is 29.8 Å². The third kappa shape index (κ3) is 1.67. The first-order chi connectivity index (χ1) is 8.70. The molecule has 3 rings (SSSR count). The molecule has 0 aliphatic carbocycles. The van der Waals surface area contributed by atoms with E-state index in [0.717, 1.165) is 11.3 Å². The van der Waals surface area contributed by atoms with Crippen LogP contribution in [0.25, 0.3) is 0 Å². The summed E-state index contributed by atoms with van der Waals surface area (Å²) in [6.07, 6.45) is -0.795. The molecule has 0 radical (unpaired) electrons. The predicted octanol–water partition coefficient (Wildman–Crippen LogP) is 0.686. The SMILES string of the molecule is COc1ccc([C@H]2OC[C@@H]3CC(O)C(=O)N32)cc1. The van der Waals surface area contributed by atoms with Crippen LogP contribution in [0.5, 0.6) is 5.75 Å². The Morgan fingerprint density at radius 1 is 1.39 bits per heavy atom. The topological polar surface area (TPSA) is 59.0 Å². The third-order valence-electron chi connectivity index (χ3n) is 3.53. The van der Waals surface area contributed by atoms with Crippen LogP contribution in [0, 0.1) is 0 Å². The molecule has 1 amide bonds. The maximum atomic E-state index is 11.9. The van der Waals surface area contributed by atoms with Crippen molar-refractivity contribution < 1.29 is 19.4 Å². The van der Waals surface area contributed by atoms with Gasteiger partial charge in [0.05, 0.1) is 19.8 Å². The summed E-state index contributed by atoms with van der Waals surface area (Å²) in [5, 5.41) is 9.58. The smallest absolute Gasteiger partial charge is 0.254 e. The van der Waals surface area contributed by atoms with Gasteiger partial charge < -0.3 is 19.5 Å². The van der Waals surface area contributed by atoms with Gasteiger partial charge in [-0.2, -0.15) is 0 Å². The van der Waals surface area contributed by atoms with Crippen molar-refractivity contribution in [2.45, 2.75) is 24.8 Å². The zero-order chi connectivity index (χ0) is 12.7. The fraction of sp³-hybridized carbons (Fsp3) is 0.462. The Labute approximate surface area is 105 Å². The monoisotopic (exact) mass is 249 g/mol. The first-order valence-corrected chi connectivity index (χ1v) is 5.96. The molecule has 1 N–H and O–H groups in total. The van der Waals surface area contributed by atoms with Crippen molar-refractivity contribution in [2.75, 3.05) is 13.7 Å².